The van der Waals surface area contributed by atoms with Crippen molar-refractivity contribution < 1.29 is 9.59 Å². The van der Waals surface area contributed by atoms with Gasteiger partial charge in [-0.05, 0) is 19.3 Å². The monoisotopic (exact) mass is 226 g/mol. The van der Waals surface area contributed by atoms with E-state index in [0.29, 0.717) is 18.6 Å². The number of Topliss-reactive ketones (excluding diaryl/α,β-unsaturated/α-hetero) is 1. The van der Waals surface area contributed by atoms with E-state index in [1.807, 2.05) is 0 Å². The third-order valence-electron chi connectivity index (χ3n) is 2.84. The molecule has 0 aromatic carbocycles. The van der Waals surface area contributed by atoms with E-state index in [1.54, 1.807) is 0 Å². The molecule has 0 aliphatic carbocycles. The molecule has 0 bridgehead atoms. The van der Waals surface area contributed by atoms with E-state index in [2.05, 4.69) is 6.92 Å². The number of hydrogen-bond acceptors (Lipinski definition) is 2. The van der Waals surface area contributed by atoms with Crippen LogP contribution in [-0.4, -0.2) is 12.1 Å². The Balaban J connectivity index is 3.14. The summed E-state index contributed by atoms with van der Waals surface area (Å²) in [6, 6.07) is 0. The highest BCUT2D eigenvalue weighted by atomic mass is 16.1. The molecule has 0 radical (unpaired) electrons. The molecule has 0 saturated heterocycles. The van der Waals surface area contributed by atoms with E-state index in [-0.39, 0.29) is 0 Å². The van der Waals surface area contributed by atoms with Crippen molar-refractivity contribution in [3.8, 4) is 0 Å². The summed E-state index contributed by atoms with van der Waals surface area (Å²) in [7, 11) is 0. The predicted molar refractivity (Wildman–Crippen MR) is 67.5 cm³/mol. The molecule has 2 heteroatoms. The van der Waals surface area contributed by atoms with Crippen LogP contribution in [0.5, 0.6) is 0 Å². The van der Waals surface area contributed by atoms with Crippen molar-refractivity contribution in [1.82, 2.24) is 0 Å². The molecule has 0 N–H and O–H groups in total. The van der Waals surface area contributed by atoms with Crippen molar-refractivity contribution in [2.45, 2.75) is 77.6 Å². The standard InChI is InChI=1S/C14H26O2/c1-2-3-4-5-6-8-11-14(16)12-9-7-10-13-15/h13H,2-12H2,1H3. The minimum Gasteiger partial charge on any atom is -0.303 e. The highest BCUT2D eigenvalue weighted by Crippen LogP contribution is 2.09. The van der Waals surface area contributed by atoms with Crippen LogP contribution in [-0.2, 0) is 9.59 Å². The zero-order valence-corrected chi connectivity index (χ0v) is 10.7. The number of carbonyl (C=O) groups excluding carboxylic acids is 2. The lowest BCUT2D eigenvalue weighted by Gasteiger charge is -2.01. The molecule has 0 rings (SSSR count). The van der Waals surface area contributed by atoms with Crippen LogP contribution in [0.3, 0.4) is 0 Å². The van der Waals surface area contributed by atoms with Crippen LogP contribution in [0.1, 0.15) is 77.6 Å². The van der Waals surface area contributed by atoms with Crippen molar-refractivity contribution in [1.29, 1.82) is 0 Å². The largest absolute Gasteiger partial charge is 0.303 e. The van der Waals surface area contributed by atoms with Gasteiger partial charge in [0.15, 0.2) is 0 Å². The molecule has 0 spiro atoms. The molecule has 0 fully saturated rings. The number of aldehydes is 1. The number of rotatable bonds is 12. The fourth-order valence-electron chi connectivity index (χ4n) is 1.78. The Morgan fingerprint density at radius 1 is 0.875 bits per heavy atom. The van der Waals surface area contributed by atoms with Gasteiger partial charge < -0.3 is 4.79 Å². The van der Waals surface area contributed by atoms with E-state index in [0.717, 1.165) is 32.0 Å². The Morgan fingerprint density at radius 3 is 2.06 bits per heavy atom. The molecule has 0 atom stereocenters. The lowest BCUT2D eigenvalue weighted by Crippen LogP contribution is -1.97. The van der Waals surface area contributed by atoms with Gasteiger partial charge in [-0.2, -0.15) is 0 Å². The Labute approximate surface area is 99.8 Å². The predicted octanol–water partition coefficient (Wildman–Crippen LogP) is 4.07. The maximum atomic E-state index is 11.4. The zero-order valence-electron chi connectivity index (χ0n) is 10.7. The van der Waals surface area contributed by atoms with E-state index in [1.165, 1.54) is 32.1 Å². The lowest BCUT2D eigenvalue weighted by molar-refractivity contribution is -0.119. The fraction of sp³-hybridized carbons (Fsp3) is 0.857. The molecular formula is C14H26O2. The number of carbonyl (C=O) groups is 2. The summed E-state index contributed by atoms with van der Waals surface area (Å²) in [6.45, 7) is 2.21. The van der Waals surface area contributed by atoms with Gasteiger partial charge >= 0.3 is 0 Å². The van der Waals surface area contributed by atoms with Gasteiger partial charge in [-0.3, -0.25) is 4.79 Å². The van der Waals surface area contributed by atoms with E-state index in [4.69, 9.17) is 0 Å². The van der Waals surface area contributed by atoms with E-state index in [9.17, 15) is 9.59 Å². The van der Waals surface area contributed by atoms with Gasteiger partial charge in [0.05, 0.1) is 0 Å². The molecule has 0 aliphatic rings. The topological polar surface area (TPSA) is 34.1 Å². The van der Waals surface area contributed by atoms with Crippen molar-refractivity contribution in [3.63, 3.8) is 0 Å². The smallest absolute Gasteiger partial charge is 0.132 e. The van der Waals surface area contributed by atoms with Crippen LogP contribution in [0.2, 0.25) is 0 Å². The van der Waals surface area contributed by atoms with Crippen LogP contribution < -0.4 is 0 Å². The number of hydrogen-bond donors (Lipinski definition) is 0. The first-order valence-corrected chi connectivity index (χ1v) is 6.76. The molecule has 0 unspecified atom stereocenters. The average Bonchev–Trinajstić information content (AvgIpc) is 2.29. The first-order valence-electron chi connectivity index (χ1n) is 6.76. The second-order valence-corrected chi connectivity index (χ2v) is 4.47. The Hall–Kier alpha value is -0.660. The quantitative estimate of drug-likeness (QED) is 0.371. The SMILES string of the molecule is CCCCCCCCC(=O)CCCCC=O. The van der Waals surface area contributed by atoms with Crippen LogP contribution in [0, 0.1) is 0 Å². The first-order chi connectivity index (χ1) is 7.81. The highest BCUT2D eigenvalue weighted by molar-refractivity contribution is 5.78. The maximum absolute atomic E-state index is 11.4. The molecule has 16 heavy (non-hydrogen) atoms. The molecule has 0 aromatic rings. The summed E-state index contributed by atoms with van der Waals surface area (Å²) < 4.78 is 0. The molecule has 0 aromatic heterocycles. The van der Waals surface area contributed by atoms with Gasteiger partial charge in [0.1, 0.15) is 12.1 Å². The molecule has 0 saturated carbocycles. The zero-order chi connectivity index (χ0) is 12.1. The summed E-state index contributed by atoms with van der Waals surface area (Å²) in [4.78, 5) is 21.5. The minimum atomic E-state index is 0.376. The van der Waals surface area contributed by atoms with Gasteiger partial charge in [-0.15, -0.1) is 0 Å². The molecule has 94 valence electrons. The third kappa shape index (κ3) is 11.4. The van der Waals surface area contributed by atoms with E-state index < -0.39 is 0 Å². The van der Waals surface area contributed by atoms with E-state index >= 15 is 0 Å². The van der Waals surface area contributed by atoms with Crippen molar-refractivity contribution >= 4 is 12.1 Å². The molecular weight excluding hydrogens is 200 g/mol. The Morgan fingerprint density at radius 2 is 1.44 bits per heavy atom. The molecule has 0 amide bonds. The van der Waals surface area contributed by atoms with Gasteiger partial charge in [-0.25, -0.2) is 0 Å². The minimum absolute atomic E-state index is 0.376. The number of unbranched alkanes of at least 4 members (excludes halogenated alkanes) is 7. The lowest BCUT2D eigenvalue weighted by atomic mass is 10.0. The average molecular weight is 226 g/mol. The fourth-order valence-corrected chi connectivity index (χ4v) is 1.78. The summed E-state index contributed by atoms with van der Waals surface area (Å²) in [5.74, 6) is 0.376. The second kappa shape index (κ2) is 12.4. The summed E-state index contributed by atoms with van der Waals surface area (Å²) in [5, 5.41) is 0. The van der Waals surface area contributed by atoms with Crippen molar-refractivity contribution in [2.24, 2.45) is 0 Å². The van der Waals surface area contributed by atoms with Gasteiger partial charge in [0.25, 0.3) is 0 Å². The maximum Gasteiger partial charge on any atom is 0.132 e. The van der Waals surface area contributed by atoms with Crippen LogP contribution in [0.25, 0.3) is 0 Å². The summed E-state index contributed by atoms with van der Waals surface area (Å²) in [6.07, 6.45) is 12.1. The van der Waals surface area contributed by atoms with Crippen LogP contribution in [0.15, 0.2) is 0 Å². The van der Waals surface area contributed by atoms with Gasteiger partial charge in [-0.1, -0.05) is 39.0 Å². The first kappa shape index (κ1) is 15.3. The summed E-state index contributed by atoms with van der Waals surface area (Å²) >= 11 is 0. The van der Waals surface area contributed by atoms with Crippen LogP contribution in [0.4, 0.5) is 0 Å². The molecule has 2 nitrogen and oxygen atoms in total. The number of ketones is 1. The van der Waals surface area contributed by atoms with Gasteiger partial charge in [0.2, 0.25) is 0 Å². The Kier molecular flexibility index (Phi) is 11.9. The van der Waals surface area contributed by atoms with Gasteiger partial charge in [0, 0.05) is 19.3 Å². The third-order valence-corrected chi connectivity index (χ3v) is 2.84. The highest BCUT2D eigenvalue weighted by Gasteiger charge is 2.01. The molecule has 0 aliphatic heterocycles. The van der Waals surface area contributed by atoms with Crippen molar-refractivity contribution in [3.05, 3.63) is 0 Å². The van der Waals surface area contributed by atoms with Crippen molar-refractivity contribution in [2.75, 3.05) is 0 Å². The normalized spacial score (nSPS) is 10.3. The second-order valence-electron chi connectivity index (χ2n) is 4.47. The molecule has 0 heterocycles. The Bertz CT molecular complexity index is 176. The summed E-state index contributed by atoms with van der Waals surface area (Å²) in [5.41, 5.74) is 0. The van der Waals surface area contributed by atoms with Crippen LogP contribution >= 0.6 is 0 Å².